The van der Waals surface area contributed by atoms with Crippen molar-refractivity contribution in [2.24, 2.45) is 0 Å². The predicted molar refractivity (Wildman–Crippen MR) is 106 cm³/mol. The van der Waals surface area contributed by atoms with Gasteiger partial charge in [-0.15, -0.1) is 5.10 Å². The van der Waals surface area contributed by atoms with Gasteiger partial charge in [-0.1, -0.05) is 35.5 Å². The molecule has 146 valence electrons. The molecule has 1 atom stereocenters. The number of aryl methyl sites for hydroxylation is 3. The summed E-state index contributed by atoms with van der Waals surface area (Å²) in [6.45, 7) is 2.33. The molecule has 1 aliphatic rings. The fourth-order valence-electron chi connectivity index (χ4n) is 3.82. The molecule has 0 radical (unpaired) electrons. The topological polar surface area (TPSA) is 68.8 Å². The summed E-state index contributed by atoms with van der Waals surface area (Å²) >= 11 is 0. The molecule has 4 rings (SSSR count). The van der Waals surface area contributed by atoms with E-state index in [2.05, 4.69) is 27.5 Å². The van der Waals surface area contributed by atoms with Gasteiger partial charge in [0.2, 0.25) is 0 Å². The number of aromatic nitrogens is 5. The van der Waals surface area contributed by atoms with Crippen LogP contribution in [0.5, 0.6) is 0 Å². The molecule has 0 spiro atoms. The van der Waals surface area contributed by atoms with E-state index < -0.39 is 0 Å². The lowest BCUT2D eigenvalue weighted by Crippen LogP contribution is -2.44. The van der Waals surface area contributed by atoms with E-state index in [1.54, 1.807) is 17.1 Å². The Bertz CT molecular complexity index is 873. The highest BCUT2D eigenvalue weighted by atomic mass is 16.2. The molecule has 0 saturated carbocycles. The third-order valence-corrected chi connectivity index (χ3v) is 5.37. The van der Waals surface area contributed by atoms with Gasteiger partial charge >= 0.3 is 0 Å². The Morgan fingerprint density at radius 1 is 1.07 bits per heavy atom. The van der Waals surface area contributed by atoms with Crippen LogP contribution in [-0.2, 0) is 19.5 Å². The van der Waals surface area contributed by atoms with Crippen LogP contribution in [0.3, 0.4) is 0 Å². The summed E-state index contributed by atoms with van der Waals surface area (Å²) in [4.78, 5) is 15.0. The number of hydrogen-bond donors (Lipinski definition) is 0. The normalized spacial score (nSPS) is 17.0. The Labute approximate surface area is 165 Å². The first-order valence-electron chi connectivity index (χ1n) is 10.0. The number of piperidine rings is 1. The number of hydrogen-bond acceptors (Lipinski definition) is 4. The van der Waals surface area contributed by atoms with Crippen molar-refractivity contribution in [3.05, 3.63) is 66.2 Å². The van der Waals surface area contributed by atoms with E-state index in [-0.39, 0.29) is 11.9 Å². The first kappa shape index (κ1) is 18.4. The summed E-state index contributed by atoms with van der Waals surface area (Å²) in [6.07, 6.45) is 10.6. The van der Waals surface area contributed by atoms with Gasteiger partial charge in [-0.3, -0.25) is 14.2 Å². The van der Waals surface area contributed by atoms with Gasteiger partial charge in [0, 0.05) is 38.1 Å². The van der Waals surface area contributed by atoms with E-state index >= 15 is 0 Å². The molecule has 1 aliphatic heterocycles. The highest BCUT2D eigenvalue weighted by molar-refractivity contribution is 5.92. The lowest BCUT2D eigenvalue weighted by Gasteiger charge is -2.35. The molecule has 2 aromatic heterocycles. The number of amides is 1. The predicted octanol–water partition coefficient (Wildman–Crippen LogP) is 2.80. The maximum atomic E-state index is 13.0. The molecular weight excluding hydrogens is 352 g/mol. The van der Waals surface area contributed by atoms with Gasteiger partial charge in [0.15, 0.2) is 5.69 Å². The van der Waals surface area contributed by atoms with Gasteiger partial charge < -0.3 is 4.90 Å². The second kappa shape index (κ2) is 8.82. The third-order valence-electron chi connectivity index (χ3n) is 5.37. The lowest BCUT2D eigenvalue weighted by atomic mass is 9.99. The molecule has 0 aliphatic carbocycles. The number of carbonyl (C=O) groups is 1. The molecule has 7 nitrogen and oxygen atoms in total. The van der Waals surface area contributed by atoms with E-state index in [1.807, 2.05) is 40.0 Å². The fourth-order valence-corrected chi connectivity index (χ4v) is 3.82. The van der Waals surface area contributed by atoms with Crippen LogP contribution in [0, 0.1) is 0 Å². The Hall–Kier alpha value is -2.96. The Balaban J connectivity index is 1.37. The molecule has 0 unspecified atom stereocenters. The van der Waals surface area contributed by atoms with Gasteiger partial charge in [-0.05, 0) is 43.7 Å². The molecule has 3 aromatic rings. The largest absolute Gasteiger partial charge is 0.334 e. The number of carbonyl (C=O) groups excluding carboxylic acids is 1. The second-order valence-electron chi connectivity index (χ2n) is 7.31. The van der Waals surface area contributed by atoms with Gasteiger partial charge in [0.05, 0.1) is 6.20 Å². The van der Waals surface area contributed by atoms with Crippen molar-refractivity contribution < 1.29 is 4.79 Å². The highest BCUT2D eigenvalue weighted by Gasteiger charge is 2.28. The number of likely N-dealkylation sites (tertiary alicyclic amines) is 1. The molecule has 1 saturated heterocycles. The van der Waals surface area contributed by atoms with E-state index in [1.165, 1.54) is 5.56 Å². The van der Waals surface area contributed by atoms with Gasteiger partial charge in [0.25, 0.3) is 5.91 Å². The van der Waals surface area contributed by atoms with E-state index in [0.717, 1.165) is 45.2 Å². The summed E-state index contributed by atoms with van der Waals surface area (Å²) in [6, 6.07) is 12.4. The van der Waals surface area contributed by atoms with Crippen molar-refractivity contribution in [1.29, 1.82) is 0 Å². The van der Waals surface area contributed by atoms with Crippen molar-refractivity contribution >= 4 is 5.91 Å². The van der Waals surface area contributed by atoms with Crippen molar-refractivity contribution in [2.45, 2.75) is 51.2 Å². The Kier molecular flexibility index (Phi) is 5.80. The van der Waals surface area contributed by atoms with Crippen LogP contribution in [0.1, 0.15) is 41.7 Å². The van der Waals surface area contributed by atoms with E-state index in [4.69, 9.17) is 0 Å². The van der Waals surface area contributed by atoms with Crippen LogP contribution in [0.25, 0.3) is 0 Å². The number of rotatable bonds is 7. The molecule has 0 N–H and O–H groups in total. The summed E-state index contributed by atoms with van der Waals surface area (Å²) in [5, 5.41) is 12.6. The minimum Gasteiger partial charge on any atom is -0.334 e. The molecular formula is C21H26N6O. The third kappa shape index (κ3) is 4.47. The molecule has 1 fully saturated rings. The van der Waals surface area contributed by atoms with Crippen molar-refractivity contribution in [2.75, 3.05) is 6.54 Å². The summed E-state index contributed by atoms with van der Waals surface area (Å²) in [5.74, 6) is -0.00359. The van der Waals surface area contributed by atoms with Crippen LogP contribution in [-0.4, -0.2) is 48.2 Å². The van der Waals surface area contributed by atoms with Gasteiger partial charge in [-0.25, -0.2) is 0 Å². The van der Waals surface area contributed by atoms with Crippen LogP contribution in [0.2, 0.25) is 0 Å². The molecule has 3 heterocycles. The van der Waals surface area contributed by atoms with Crippen molar-refractivity contribution in [1.82, 2.24) is 29.7 Å². The average Bonchev–Trinajstić information content (AvgIpc) is 3.43. The maximum absolute atomic E-state index is 13.0. The van der Waals surface area contributed by atoms with Crippen LogP contribution in [0.15, 0.2) is 55.0 Å². The van der Waals surface area contributed by atoms with E-state index in [9.17, 15) is 4.79 Å². The smallest absolute Gasteiger partial charge is 0.276 e. The highest BCUT2D eigenvalue weighted by Crippen LogP contribution is 2.22. The Morgan fingerprint density at radius 3 is 2.79 bits per heavy atom. The molecule has 28 heavy (non-hydrogen) atoms. The molecule has 7 heteroatoms. The van der Waals surface area contributed by atoms with Crippen molar-refractivity contribution in [3.63, 3.8) is 0 Å². The van der Waals surface area contributed by atoms with Crippen LogP contribution >= 0.6 is 0 Å². The first-order chi connectivity index (χ1) is 13.8. The number of nitrogens with zero attached hydrogens (tertiary/aromatic N) is 6. The minimum atomic E-state index is -0.00359. The van der Waals surface area contributed by atoms with Crippen molar-refractivity contribution in [3.8, 4) is 0 Å². The molecule has 1 aromatic carbocycles. The van der Waals surface area contributed by atoms with Gasteiger partial charge in [0.1, 0.15) is 0 Å². The van der Waals surface area contributed by atoms with Crippen LogP contribution in [0.4, 0.5) is 0 Å². The summed E-state index contributed by atoms with van der Waals surface area (Å²) < 4.78 is 3.69. The maximum Gasteiger partial charge on any atom is 0.276 e. The zero-order chi connectivity index (χ0) is 19.2. The molecule has 0 bridgehead atoms. The number of benzene rings is 1. The van der Waals surface area contributed by atoms with E-state index in [0.29, 0.717) is 12.2 Å². The quantitative estimate of drug-likeness (QED) is 0.634. The Morgan fingerprint density at radius 2 is 1.96 bits per heavy atom. The first-order valence-corrected chi connectivity index (χ1v) is 10.0. The minimum absolute atomic E-state index is 0.00359. The van der Waals surface area contributed by atoms with Crippen LogP contribution < -0.4 is 0 Å². The standard InChI is InChI=1S/C21H26N6O/c28-21(20-17-26(24-23-20)15-10-18-7-2-1-3-8-18)27-14-5-4-9-19(27)11-16-25-13-6-12-22-25/h1-3,6-8,12-13,17,19H,4-5,9-11,14-16H2/t19-/m0/s1. The SMILES string of the molecule is O=C(c1cn(CCc2ccccc2)nn1)N1CCCC[C@H]1CCn1cccn1. The zero-order valence-corrected chi connectivity index (χ0v) is 16.0. The van der Waals surface area contributed by atoms with Gasteiger partial charge in [-0.2, -0.15) is 5.10 Å². The summed E-state index contributed by atoms with van der Waals surface area (Å²) in [7, 11) is 0. The molecule has 1 amide bonds. The summed E-state index contributed by atoms with van der Waals surface area (Å²) in [5.41, 5.74) is 1.69. The monoisotopic (exact) mass is 378 g/mol. The lowest BCUT2D eigenvalue weighted by molar-refractivity contribution is 0.0587. The average molecular weight is 378 g/mol. The fraction of sp³-hybridized carbons (Fsp3) is 0.429. The second-order valence-corrected chi connectivity index (χ2v) is 7.31. The zero-order valence-electron chi connectivity index (χ0n) is 16.0.